The molecule has 1 rings (SSSR count). The second-order valence-corrected chi connectivity index (χ2v) is 5.75. The van der Waals surface area contributed by atoms with Gasteiger partial charge in [-0.05, 0) is 30.7 Å². The fourth-order valence-corrected chi connectivity index (χ4v) is 2.42. The maximum atomic E-state index is 11.8. The van der Waals surface area contributed by atoms with E-state index in [-0.39, 0.29) is 18.7 Å². The van der Waals surface area contributed by atoms with Crippen molar-refractivity contribution in [2.24, 2.45) is 5.92 Å². The Kier molecular flexibility index (Phi) is 6.15. The molecule has 0 aliphatic carbocycles. The van der Waals surface area contributed by atoms with Crippen LogP contribution in [0.5, 0.6) is 0 Å². The molecular weight excluding hydrogens is 248 g/mol. The molecule has 2 atom stereocenters. The number of urea groups is 1. The van der Waals surface area contributed by atoms with E-state index in [2.05, 4.69) is 23.7 Å². The van der Waals surface area contributed by atoms with E-state index in [1.165, 1.54) is 9.78 Å². The number of aliphatic hydroxyl groups is 1. The molecule has 0 aromatic carbocycles. The van der Waals surface area contributed by atoms with Gasteiger partial charge in [-0.2, -0.15) is 0 Å². The molecule has 1 heterocycles. The molecule has 0 fully saturated rings. The molecule has 5 heteroatoms. The van der Waals surface area contributed by atoms with Crippen molar-refractivity contribution in [3.63, 3.8) is 0 Å². The first kappa shape index (κ1) is 15.0. The maximum absolute atomic E-state index is 11.8. The number of carbonyl (C=O) groups excluding carboxylic acids is 1. The third-order valence-electron chi connectivity index (χ3n) is 2.98. The van der Waals surface area contributed by atoms with Crippen LogP contribution in [0.15, 0.2) is 17.5 Å². The molecule has 2 N–H and O–H groups in total. The molecule has 2 unspecified atom stereocenters. The Labute approximate surface area is 113 Å². The maximum Gasteiger partial charge on any atom is 0.317 e. The summed E-state index contributed by atoms with van der Waals surface area (Å²) in [7, 11) is 1.69. The number of likely N-dealkylation sites (N-methyl/N-ethyl adjacent to an activating group) is 1. The van der Waals surface area contributed by atoms with Crippen LogP contribution < -0.4 is 5.32 Å². The Morgan fingerprint density at radius 2 is 2.28 bits per heavy atom. The number of nitrogens with one attached hydrogen (secondary N) is 1. The van der Waals surface area contributed by atoms with Crippen LogP contribution in [0.1, 0.15) is 18.7 Å². The summed E-state index contributed by atoms with van der Waals surface area (Å²) < 4.78 is 0. The zero-order valence-electron chi connectivity index (χ0n) is 11.2. The number of thiophene rings is 1. The summed E-state index contributed by atoms with van der Waals surface area (Å²) in [5, 5.41) is 13.9. The fourth-order valence-electron chi connectivity index (χ4n) is 1.55. The molecule has 1 aromatic heterocycles. The minimum atomic E-state index is -0.155. The Balaban J connectivity index is 2.29. The Morgan fingerprint density at radius 1 is 1.56 bits per heavy atom. The van der Waals surface area contributed by atoms with E-state index in [9.17, 15) is 4.79 Å². The molecule has 0 aliphatic rings. The van der Waals surface area contributed by atoms with Crippen molar-refractivity contribution in [2.75, 3.05) is 20.2 Å². The molecule has 102 valence electrons. The molecule has 1 aromatic rings. The first-order chi connectivity index (χ1) is 8.54. The number of aliphatic hydroxyl groups excluding tert-OH is 1. The number of carbonyl (C=O) groups is 1. The quantitative estimate of drug-likeness (QED) is 0.830. The third kappa shape index (κ3) is 4.66. The van der Waals surface area contributed by atoms with E-state index in [0.29, 0.717) is 12.5 Å². The van der Waals surface area contributed by atoms with E-state index < -0.39 is 0 Å². The Morgan fingerprint density at radius 3 is 2.83 bits per heavy atom. The molecule has 2 amide bonds. The van der Waals surface area contributed by atoms with Gasteiger partial charge in [-0.1, -0.05) is 13.0 Å². The van der Waals surface area contributed by atoms with Gasteiger partial charge in [0.1, 0.15) is 0 Å². The normalized spacial score (nSPS) is 14.0. The van der Waals surface area contributed by atoms with Crippen LogP contribution in [-0.4, -0.2) is 42.3 Å². The summed E-state index contributed by atoms with van der Waals surface area (Å²) in [5.74, 6) is 0.408. The Bertz CT molecular complexity index is 354. The monoisotopic (exact) mass is 270 g/mol. The lowest BCUT2D eigenvalue weighted by Crippen LogP contribution is -2.45. The lowest BCUT2D eigenvalue weighted by Gasteiger charge is -2.24. The van der Waals surface area contributed by atoms with Crippen LogP contribution in [0, 0.1) is 5.92 Å². The molecule has 0 spiro atoms. The van der Waals surface area contributed by atoms with Crippen molar-refractivity contribution in [3.05, 3.63) is 22.4 Å². The highest BCUT2D eigenvalue weighted by Gasteiger charge is 2.15. The van der Waals surface area contributed by atoms with Gasteiger partial charge in [0.05, 0.1) is 12.6 Å². The molecule has 0 radical (unpaired) electrons. The van der Waals surface area contributed by atoms with E-state index in [1.807, 2.05) is 13.0 Å². The van der Waals surface area contributed by atoms with E-state index >= 15 is 0 Å². The highest BCUT2D eigenvalue weighted by atomic mass is 32.1. The smallest absolute Gasteiger partial charge is 0.317 e. The average Bonchev–Trinajstić information content (AvgIpc) is 2.86. The van der Waals surface area contributed by atoms with Crippen molar-refractivity contribution in [3.8, 4) is 0 Å². The van der Waals surface area contributed by atoms with Crippen molar-refractivity contribution in [2.45, 2.75) is 26.3 Å². The zero-order chi connectivity index (χ0) is 13.5. The van der Waals surface area contributed by atoms with Crippen LogP contribution in [0.2, 0.25) is 0 Å². The second kappa shape index (κ2) is 7.38. The molecule has 18 heavy (non-hydrogen) atoms. The number of nitrogens with zero attached hydrogens (tertiary/aromatic N) is 1. The van der Waals surface area contributed by atoms with E-state index in [0.717, 1.165) is 6.42 Å². The average molecular weight is 270 g/mol. The van der Waals surface area contributed by atoms with Gasteiger partial charge in [0.25, 0.3) is 0 Å². The van der Waals surface area contributed by atoms with Gasteiger partial charge < -0.3 is 15.3 Å². The molecule has 0 saturated carbocycles. The lowest BCUT2D eigenvalue weighted by molar-refractivity contribution is 0.156. The van der Waals surface area contributed by atoms with Crippen LogP contribution in [0.4, 0.5) is 4.79 Å². The molecule has 0 saturated heterocycles. The van der Waals surface area contributed by atoms with Crippen molar-refractivity contribution >= 4 is 17.4 Å². The molecule has 4 nitrogen and oxygen atoms in total. The third-order valence-corrected chi connectivity index (χ3v) is 3.88. The van der Waals surface area contributed by atoms with Gasteiger partial charge in [0, 0.05) is 18.5 Å². The minimum absolute atomic E-state index is 0.0192. The number of amides is 2. The minimum Gasteiger partial charge on any atom is -0.394 e. The highest BCUT2D eigenvalue weighted by Crippen LogP contribution is 2.13. The van der Waals surface area contributed by atoms with Gasteiger partial charge in [0.2, 0.25) is 0 Å². The van der Waals surface area contributed by atoms with Gasteiger partial charge in [-0.25, -0.2) is 4.79 Å². The van der Waals surface area contributed by atoms with E-state index in [1.54, 1.807) is 18.4 Å². The number of hydrogen-bond donors (Lipinski definition) is 2. The molecular formula is C13H22N2O2S. The standard InChI is InChI=1S/C13H22N2O2S/c1-10(7-12-5-4-6-18-12)8-14-13(17)15(3)11(2)9-16/h4-6,10-11,16H,7-9H2,1-3H3,(H,14,17). The summed E-state index contributed by atoms with van der Waals surface area (Å²) in [4.78, 5) is 14.6. The highest BCUT2D eigenvalue weighted by molar-refractivity contribution is 7.09. The first-order valence-electron chi connectivity index (χ1n) is 6.18. The van der Waals surface area contributed by atoms with E-state index in [4.69, 9.17) is 5.11 Å². The van der Waals surface area contributed by atoms with Crippen molar-refractivity contribution in [1.29, 1.82) is 0 Å². The Hall–Kier alpha value is -1.07. The molecule has 0 bridgehead atoms. The number of hydrogen-bond acceptors (Lipinski definition) is 3. The van der Waals surface area contributed by atoms with Crippen LogP contribution in [0.3, 0.4) is 0 Å². The van der Waals surface area contributed by atoms with Gasteiger partial charge in [0.15, 0.2) is 0 Å². The van der Waals surface area contributed by atoms with Crippen LogP contribution >= 0.6 is 11.3 Å². The van der Waals surface area contributed by atoms with Gasteiger partial charge in [-0.3, -0.25) is 0 Å². The largest absolute Gasteiger partial charge is 0.394 e. The van der Waals surface area contributed by atoms with Crippen LogP contribution in [0.25, 0.3) is 0 Å². The lowest BCUT2D eigenvalue weighted by atomic mass is 10.1. The first-order valence-corrected chi connectivity index (χ1v) is 7.06. The SMILES string of the molecule is CC(CNC(=O)N(C)C(C)CO)Cc1cccs1. The van der Waals surface area contributed by atoms with Gasteiger partial charge in [-0.15, -0.1) is 11.3 Å². The topological polar surface area (TPSA) is 52.6 Å². The van der Waals surface area contributed by atoms with Crippen LogP contribution in [-0.2, 0) is 6.42 Å². The molecule has 0 aliphatic heterocycles. The fraction of sp³-hybridized carbons (Fsp3) is 0.615. The van der Waals surface area contributed by atoms with Gasteiger partial charge >= 0.3 is 6.03 Å². The predicted molar refractivity (Wildman–Crippen MR) is 74.9 cm³/mol. The predicted octanol–water partition coefficient (Wildman–Crippen LogP) is 1.95. The summed E-state index contributed by atoms with van der Waals surface area (Å²) in [5.41, 5.74) is 0. The van der Waals surface area contributed by atoms with Crippen molar-refractivity contribution < 1.29 is 9.90 Å². The summed E-state index contributed by atoms with van der Waals surface area (Å²) >= 11 is 1.74. The van der Waals surface area contributed by atoms with Crippen molar-refractivity contribution in [1.82, 2.24) is 10.2 Å². The number of rotatable bonds is 6. The second-order valence-electron chi connectivity index (χ2n) is 4.72. The summed E-state index contributed by atoms with van der Waals surface area (Å²) in [6.07, 6.45) is 0.983. The summed E-state index contributed by atoms with van der Waals surface area (Å²) in [6, 6.07) is 3.87. The zero-order valence-corrected chi connectivity index (χ0v) is 12.0. The summed E-state index contributed by atoms with van der Waals surface area (Å²) in [6.45, 7) is 4.57.